The van der Waals surface area contributed by atoms with Crippen molar-refractivity contribution in [2.24, 2.45) is 5.92 Å². The molecule has 28 heavy (non-hydrogen) atoms. The lowest BCUT2D eigenvalue weighted by atomic mass is 9.99. The van der Waals surface area contributed by atoms with E-state index in [0.29, 0.717) is 5.75 Å². The van der Waals surface area contributed by atoms with Crippen LogP contribution < -0.4 is 0 Å². The van der Waals surface area contributed by atoms with E-state index in [0.717, 1.165) is 18.6 Å². The van der Waals surface area contributed by atoms with Crippen molar-refractivity contribution in [3.8, 4) is 0 Å². The van der Waals surface area contributed by atoms with Crippen molar-refractivity contribution in [3.05, 3.63) is 0 Å². The first-order chi connectivity index (χ1) is 13.3. The molecular weight excluding hydrogens is 392 g/mol. The molecule has 1 fully saturated rings. The third kappa shape index (κ3) is 9.02. The maximum absolute atomic E-state index is 11.3. The van der Waals surface area contributed by atoms with Crippen LogP contribution in [0.25, 0.3) is 0 Å². The first-order valence-corrected chi connectivity index (χ1v) is 10.7. The Hall–Kier alpha value is -0.300. The Morgan fingerprint density at radius 3 is 2.43 bits per heavy atom. The molecule has 1 aliphatic rings. The van der Waals surface area contributed by atoms with Gasteiger partial charge in [-0.3, -0.25) is 4.79 Å². The van der Waals surface area contributed by atoms with Gasteiger partial charge in [0.05, 0.1) is 32.5 Å². The van der Waals surface area contributed by atoms with Gasteiger partial charge in [0.25, 0.3) is 0 Å². The normalized spacial score (nSPS) is 30.2. The number of aliphatic hydroxyl groups excluding tert-OH is 5. The van der Waals surface area contributed by atoms with Gasteiger partial charge < -0.3 is 39.7 Å². The van der Waals surface area contributed by atoms with Crippen molar-refractivity contribution < 1.29 is 44.5 Å². The number of ketones is 1. The van der Waals surface area contributed by atoms with Crippen molar-refractivity contribution in [1.29, 1.82) is 0 Å². The molecule has 5 N–H and O–H groups in total. The summed E-state index contributed by atoms with van der Waals surface area (Å²) in [5, 5.41) is 48.0. The standard InChI is InChI=1S/C18H34O9S/c1-3-12(11(2)19)4-7-28-10-13(20)8-25-5-6-26-9-14-15(21)16(22)17(23)18(24)27-14/h12-18,20-24H,3-10H2,1-2H3/t12-,13?,14+,15-,16-,17+,18?/m0/s1. The maximum atomic E-state index is 11.3. The summed E-state index contributed by atoms with van der Waals surface area (Å²) in [6, 6.07) is 0. The highest BCUT2D eigenvalue weighted by Gasteiger charge is 2.42. The molecule has 1 heterocycles. The van der Waals surface area contributed by atoms with Gasteiger partial charge in [-0.05, 0) is 25.5 Å². The molecule has 0 saturated carbocycles. The summed E-state index contributed by atoms with van der Waals surface area (Å²) >= 11 is 1.58. The van der Waals surface area contributed by atoms with E-state index in [1.807, 2.05) is 6.92 Å². The average Bonchev–Trinajstić information content (AvgIpc) is 2.66. The second-order valence-electron chi connectivity index (χ2n) is 6.92. The molecule has 0 spiro atoms. The van der Waals surface area contributed by atoms with Gasteiger partial charge in [0.15, 0.2) is 6.29 Å². The lowest BCUT2D eigenvalue weighted by Crippen LogP contribution is -2.58. The number of hydrogen-bond acceptors (Lipinski definition) is 10. The van der Waals surface area contributed by atoms with Gasteiger partial charge in [0, 0.05) is 11.7 Å². The summed E-state index contributed by atoms with van der Waals surface area (Å²) in [4.78, 5) is 11.3. The summed E-state index contributed by atoms with van der Waals surface area (Å²) < 4.78 is 15.6. The molecule has 2 unspecified atom stereocenters. The number of aliphatic hydroxyl groups is 5. The van der Waals surface area contributed by atoms with Crippen molar-refractivity contribution in [2.45, 2.75) is 63.5 Å². The molecule has 0 aromatic rings. The molecule has 0 aromatic heterocycles. The predicted octanol–water partition coefficient (Wildman–Crippen LogP) is -1.08. The van der Waals surface area contributed by atoms with Crippen LogP contribution >= 0.6 is 11.8 Å². The van der Waals surface area contributed by atoms with Crippen LogP contribution in [-0.4, -0.2) is 106 Å². The Kier molecular flexibility index (Phi) is 12.7. The van der Waals surface area contributed by atoms with E-state index in [1.165, 1.54) is 0 Å². The van der Waals surface area contributed by atoms with Crippen LogP contribution in [0.3, 0.4) is 0 Å². The van der Waals surface area contributed by atoms with E-state index < -0.39 is 36.8 Å². The molecule has 10 heteroatoms. The van der Waals surface area contributed by atoms with E-state index in [4.69, 9.17) is 14.2 Å². The highest BCUT2D eigenvalue weighted by Crippen LogP contribution is 2.20. The van der Waals surface area contributed by atoms with Gasteiger partial charge >= 0.3 is 0 Å². The summed E-state index contributed by atoms with van der Waals surface area (Å²) in [6.45, 7) is 4.08. The summed E-state index contributed by atoms with van der Waals surface area (Å²) in [6.07, 6.45) is -5.95. The van der Waals surface area contributed by atoms with Crippen LogP contribution in [0.4, 0.5) is 0 Å². The van der Waals surface area contributed by atoms with E-state index in [1.54, 1.807) is 18.7 Å². The number of carbonyl (C=O) groups excluding carboxylic acids is 1. The van der Waals surface area contributed by atoms with Gasteiger partial charge in [0.2, 0.25) is 0 Å². The van der Waals surface area contributed by atoms with Crippen LogP contribution in [0.2, 0.25) is 0 Å². The van der Waals surface area contributed by atoms with Gasteiger partial charge in [-0.25, -0.2) is 0 Å². The Labute approximate surface area is 170 Å². The second-order valence-corrected chi connectivity index (χ2v) is 8.07. The summed E-state index contributed by atoms with van der Waals surface area (Å²) in [5.41, 5.74) is 0. The van der Waals surface area contributed by atoms with Crippen LogP contribution in [0.15, 0.2) is 0 Å². The highest BCUT2D eigenvalue weighted by atomic mass is 32.2. The molecule has 1 saturated heterocycles. The molecule has 0 aromatic carbocycles. The van der Waals surface area contributed by atoms with E-state index in [-0.39, 0.29) is 38.1 Å². The fourth-order valence-electron chi connectivity index (χ4n) is 2.79. The zero-order chi connectivity index (χ0) is 21.1. The average molecular weight is 427 g/mol. The number of Topliss-reactive ketones (excluding diaryl/α,β-unsaturated/α-hetero) is 1. The molecule has 0 radical (unpaired) electrons. The van der Waals surface area contributed by atoms with Gasteiger partial charge in [-0.1, -0.05) is 6.92 Å². The minimum Gasteiger partial charge on any atom is -0.390 e. The largest absolute Gasteiger partial charge is 0.390 e. The molecule has 7 atom stereocenters. The zero-order valence-electron chi connectivity index (χ0n) is 16.5. The lowest BCUT2D eigenvalue weighted by Gasteiger charge is -2.38. The number of hydrogen-bond donors (Lipinski definition) is 5. The molecular formula is C18H34O9S. The van der Waals surface area contributed by atoms with Crippen LogP contribution in [0, 0.1) is 5.92 Å². The minimum absolute atomic E-state index is 0.0848. The minimum atomic E-state index is -1.58. The van der Waals surface area contributed by atoms with Crippen LogP contribution in [-0.2, 0) is 19.0 Å². The first-order valence-electron chi connectivity index (χ1n) is 9.57. The predicted molar refractivity (Wildman–Crippen MR) is 103 cm³/mol. The number of thioether (sulfide) groups is 1. The van der Waals surface area contributed by atoms with Crippen molar-refractivity contribution >= 4 is 17.5 Å². The Morgan fingerprint density at radius 2 is 1.79 bits per heavy atom. The molecule has 0 bridgehead atoms. The topological polar surface area (TPSA) is 146 Å². The van der Waals surface area contributed by atoms with E-state index in [2.05, 4.69) is 0 Å². The first kappa shape index (κ1) is 25.7. The Balaban J connectivity index is 2.04. The molecule has 166 valence electrons. The third-order valence-corrected chi connectivity index (χ3v) is 5.78. The quantitative estimate of drug-likeness (QED) is 0.217. The van der Waals surface area contributed by atoms with E-state index in [9.17, 15) is 30.3 Å². The molecule has 1 rings (SSSR count). The molecule has 0 aliphatic carbocycles. The summed E-state index contributed by atoms with van der Waals surface area (Å²) in [7, 11) is 0. The fourth-order valence-corrected chi connectivity index (χ4v) is 3.78. The number of rotatable bonds is 14. The third-order valence-electron chi connectivity index (χ3n) is 4.64. The molecule has 1 aliphatic heterocycles. The highest BCUT2D eigenvalue weighted by molar-refractivity contribution is 7.99. The second kappa shape index (κ2) is 13.8. The maximum Gasteiger partial charge on any atom is 0.184 e. The number of ether oxygens (including phenoxy) is 3. The number of carbonyl (C=O) groups is 1. The van der Waals surface area contributed by atoms with Crippen molar-refractivity contribution in [3.63, 3.8) is 0 Å². The molecule has 9 nitrogen and oxygen atoms in total. The zero-order valence-corrected chi connectivity index (χ0v) is 17.3. The van der Waals surface area contributed by atoms with E-state index >= 15 is 0 Å². The van der Waals surface area contributed by atoms with Gasteiger partial charge in [-0.15, -0.1) is 0 Å². The smallest absolute Gasteiger partial charge is 0.184 e. The fraction of sp³-hybridized carbons (Fsp3) is 0.944. The van der Waals surface area contributed by atoms with Crippen molar-refractivity contribution in [2.75, 3.05) is 37.9 Å². The summed E-state index contributed by atoms with van der Waals surface area (Å²) in [5.74, 6) is 1.64. The van der Waals surface area contributed by atoms with Gasteiger partial charge in [0.1, 0.15) is 30.2 Å². The Morgan fingerprint density at radius 1 is 1.11 bits per heavy atom. The monoisotopic (exact) mass is 426 g/mol. The van der Waals surface area contributed by atoms with Crippen LogP contribution in [0.1, 0.15) is 26.7 Å². The van der Waals surface area contributed by atoms with Crippen molar-refractivity contribution in [1.82, 2.24) is 0 Å². The lowest BCUT2D eigenvalue weighted by molar-refractivity contribution is -0.288. The Bertz CT molecular complexity index is 439. The van der Waals surface area contributed by atoms with Crippen LogP contribution in [0.5, 0.6) is 0 Å². The SMILES string of the molecule is CC[C@@H](CCSCC(O)COCCOC[C@H]1OC(O)[C@H](O)[C@@H](O)[C@H]1O)C(C)=O. The van der Waals surface area contributed by atoms with Gasteiger partial charge in [-0.2, -0.15) is 11.8 Å². The molecule has 0 amide bonds.